The first-order valence-corrected chi connectivity index (χ1v) is 14.1. The van der Waals surface area contributed by atoms with Crippen molar-refractivity contribution in [3.05, 3.63) is 87.1 Å². The van der Waals surface area contributed by atoms with Crippen LogP contribution in [0.5, 0.6) is 0 Å². The van der Waals surface area contributed by atoms with Crippen molar-refractivity contribution in [2.75, 3.05) is 29.8 Å². The second kappa shape index (κ2) is 10.7. The highest BCUT2D eigenvalue weighted by Crippen LogP contribution is 2.28. The van der Waals surface area contributed by atoms with Gasteiger partial charge in [-0.1, -0.05) is 15.9 Å². The van der Waals surface area contributed by atoms with E-state index < -0.39 is 10.0 Å². The molecule has 35 heavy (non-hydrogen) atoms. The molecule has 0 saturated carbocycles. The number of piperidine rings is 1. The van der Waals surface area contributed by atoms with Crippen LogP contribution in [-0.2, 0) is 10.0 Å². The lowest BCUT2D eigenvalue weighted by Crippen LogP contribution is -2.45. The maximum Gasteiger partial charge on any atom is 0.263 e. The van der Waals surface area contributed by atoms with E-state index in [0.29, 0.717) is 20.2 Å². The summed E-state index contributed by atoms with van der Waals surface area (Å²) in [6, 6.07) is 17.9. The number of nitrogens with one attached hydrogen (secondary N) is 1. The average molecular weight is 625 g/mol. The maximum absolute atomic E-state index is 13.2. The summed E-state index contributed by atoms with van der Waals surface area (Å²) in [6.45, 7) is 1.56. The zero-order valence-electron chi connectivity index (χ0n) is 18.9. The van der Waals surface area contributed by atoms with Crippen molar-refractivity contribution < 1.29 is 17.6 Å². The zero-order valence-corrected chi connectivity index (χ0v) is 22.9. The van der Waals surface area contributed by atoms with Crippen molar-refractivity contribution in [3.8, 4) is 0 Å². The van der Waals surface area contributed by atoms with Crippen molar-refractivity contribution in [3.63, 3.8) is 0 Å². The fourth-order valence-corrected chi connectivity index (χ4v) is 6.67. The van der Waals surface area contributed by atoms with Gasteiger partial charge in [-0.05, 0) is 95.5 Å². The van der Waals surface area contributed by atoms with Crippen LogP contribution in [-0.4, -0.2) is 45.4 Å². The van der Waals surface area contributed by atoms with E-state index in [-0.39, 0.29) is 22.7 Å². The lowest BCUT2D eigenvalue weighted by atomic mass is 10.0. The number of nitrogens with zero attached hydrogens (tertiary/aromatic N) is 2. The van der Waals surface area contributed by atoms with Crippen molar-refractivity contribution in [2.45, 2.75) is 23.8 Å². The van der Waals surface area contributed by atoms with Gasteiger partial charge in [-0.2, -0.15) is 0 Å². The Balaban J connectivity index is 1.38. The molecule has 1 aliphatic heterocycles. The van der Waals surface area contributed by atoms with Gasteiger partial charge in [-0.3, -0.25) is 9.52 Å². The number of amides is 1. The maximum atomic E-state index is 13.2. The average Bonchev–Trinajstić information content (AvgIpc) is 2.85. The predicted octanol–water partition coefficient (Wildman–Crippen LogP) is 5.89. The minimum Gasteiger partial charge on any atom is -0.371 e. The largest absolute Gasteiger partial charge is 0.371 e. The minimum absolute atomic E-state index is 0.0891. The molecule has 0 atom stereocenters. The van der Waals surface area contributed by atoms with Gasteiger partial charge in [0.05, 0.1) is 0 Å². The Labute approximate surface area is 221 Å². The summed E-state index contributed by atoms with van der Waals surface area (Å²) in [7, 11) is -2.02. The molecule has 0 aliphatic carbocycles. The highest BCUT2D eigenvalue weighted by molar-refractivity contribution is 9.11. The SMILES string of the molecule is CN(C(=O)c1ccc(NS(=O)(=O)c2cc(Br)ccc2Br)cc1)C1CCN(c2ccc(F)cc2)CC1. The molecule has 0 spiro atoms. The Morgan fingerprint density at radius 2 is 1.63 bits per heavy atom. The lowest BCUT2D eigenvalue weighted by molar-refractivity contribution is 0.0709. The van der Waals surface area contributed by atoms with Crippen LogP contribution >= 0.6 is 31.9 Å². The van der Waals surface area contributed by atoms with Crippen LogP contribution in [0.25, 0.3) is 0 Å². The highest BCUT2D eigenvalue weighted by Gasteiger charge is 2.26. The van der Waals surface area contributed by atoms with E-state index in [4.69, 9.17) is 0 Å². The molecule has 0 unspecified atom stereocenters. The minimum atomic E-state index is -3.81. The van der Waals surface area contributed by atoms with E-state index in [2.05, 4.69) is 41.5 Å². The third-order valence-corrected chi connectivity index (χ3v) is 8.96. The van der Waals surface area contributed by atoms with E-state index in [1.807, 2.05) is 0 Å². The smallest absolute Gasteiger partial charge is 0.263 e. The summed E-state index contributed by atoms with van der Waals surface area (Å²) in [5.41, 5.74) is 1.83. The summed E-state index contributed by atoms with van der Waals surface area (Å²) < 4.78 is 42.4. The van der Waals surface area contributed by atoms with E-state index >= 15 is 0 Å². The molecule has 4 rings (SSSR count). The molecule has 3 aromatic carbocycles. The molecule has 1 saturated heterocycles. The zero-order chi connectivity index (χ0) is 25.2. The molecule has 0 bridgehead atoms. The first-order chi connectivity index (χ1) is 16.6. The van der Waals surface area contributed by atoms with Gasteiger partial charge in [0.2, 0.25) is 0 Å². The lowest BCUT2D eigenvalue weighted by Gasteiger charge is -2.38. The van der Waals surface area contributed by atoms with Crippen molar-refractivity contribution in [1.29, 1.82) is 0 Å². The Bertz CT molecular complexity index is 1310. The molecule has 10 heteroatoms. The van der Waals surface area contributed by atoms with Crippen LogP contribution in [0, 0.1) is 5.82 Å². The molecule has 1 fully saturated rings. The second-order valence-corrected chi connectivity index (χ2v) is 11.8. The van der Waals surface area contributed by atoms with Crippen LogP contribution in [0.3, 0.4) is 0 Å². The summed E-state index contributed by atoms with van der Waals surface area (Å²) in [5, 5.41) is 0. The number of carbonyl (C=O) groups is 1. The van der Waals surface area contributed by atoms with Gasteiger partial charge in [-0.25, -0.2) is 12.8 Å². The van der Waals surface area contributed by atoms with Crippen LogP contribution in [0.15, 0.2) is 80.6 Å². The number of benzene rings is 3. The Hall–Kier alpha value is -2.43. The predicted molar refractivity (Wildman–Crippen MR) is 143 cm³/mol. The van der Waals surface area contributed by atoms with Gasteiger partial charge in [0.1, 0.15) is 10.7 Å². The monoisotopic (exact) mass is 623 g/mol. The van der Waals surface area contributed by atoms with E-state index in [1.165, 1.54) is 18.2 Å². The normalized spacial score (nSPS) is 14.6. The number of hydrogen-bond donors (Lipinski definition) is 1. The molecule has 0 aromatic heterocycles. The van der Waals surface area contributed by atoms with E-state index in [0.717, 1.165) is 31.6 Å². The van der Waals surface area contributed by atoms with Crippen LogP contribution in [0.1, 0.15) is 23.2 Å². The number of sulfonamides is 1. The van der Waals surface area contributed by atoms with Crippen LogP contribution in [0.2, 0.25) is 0 Å². The van der Waals surface area contributed by atoms with Gasteiger partial charge < -0.3 is 9.80 Å². The summed E-state index contributed by atoms with van der Waals surface area (Å²) >= 11 is 6.57. The van der Waals surface area contributed by atoms with Crippen molar-refractivity contribution in [1.82, 2.24) is 4.90 Å². The van der Waals surface area contributed by atoms with E-state index in [9.17, 15) is 17.6 Å². The first kappa shape index (κ1) is 25.7. The molecule has 1 heterocycles. The number of anilines is 2. The van der Waals surface area contributed by atoms with Gasteiger partial charge in [0.15, 0.2) is 0 Å². The third-order valence-electron chi connectivity index (χ3n) is 6.09. The molecule has 3 aromatic rings. The molecule has 0 radical (unpaired) electrons. The standard InChI is InChI=1S/C25H24Br2FN3O3S/c1-30(21-12-14-31(15-13-21)22-9-5-19(28)6-10-22)25(32)17-2-7-20(8-3-17)29-35(33,34)24-16-18(26)4-11-23(24)27/h2-11,16,21,29H,12-15H2,1H3. The van der Waals surface area contributed by atoms with Crippen molar-refractivity contribution in [2.24, 2.45) is 0 Å². The molecule has 1 N–H and O–H groups in total. The number of rotatable bonds is 6. The summed E-state index contributed by atoms with van der Waals surface area (Å²) in [6.07, 6.45) is 1.61. The third kappa shape index (κ3) is 6.05. The quantitative estimate of drug-likeness (QED) is 0.371. The van der Waals surface area contributed by atoms with Gasteiger partial charge >= 0.3 is 0 Å². The molecule has 1 amide bonds. The molecule has 1 aliphatic rings. The molecule has 6 nitrogen and oxygen atoms in total. The fraction of sp³-hybridized carbons (Fsp3) is 0.240. The van der Waals surface area contributed by atoms with Gasteiger partial charge in [0, 0.05) is 52.1 Å². The Morgan fingerprint density at radius 3 is 2.26 bits per heavy atom. The van der Waals surface area contributed by atoms with Crippen molar-refractivity contribution >= 4 is 59.2 Å². The van der Waals surface area contributed by atoms with E-state index in [1.54, 1.807) is 60.5 Å². The topological polar surface area (TPSA) is 69.7 Å². The van der Waals surface area contributed by atoms with Gasteiger partial charge in [0.25, 0.3) is 15.9 Å². The summed E-state index contributed by atoms with van der Waals surface area (Å²) in [4.78, 5) is 17.1. The first-order valence-electron chi connectivity index (χ1n) is 11.0. The summed E-state index contributed by atoms with van der Waals surface area (Å²) in [5.74, 6) is -0.372. The number of carbonyl (C=O) groups excluding carboxylic acids is 1. The Kier molecular flexibility index (Phi) is 7.83. The van der Waals surface area contributed by atoms with Gasteiger partial charge in [-0.15, -0.1) is 0 Å². The number of halogens is 3. The molecular weight excluding hydrogens is 601 g/mol. The van der Waals surface area contributed by atoms with Crippen LogP contribution in [0.4, 0.5) is 15.8 Å². The fourth-order valence-electron chi connectivity index (χ4n) is 4.11. The highest BCUT2D eigenvalue weighted by atomic mass is 79.9. The van der Waals surface area contributed by atoms with Crippen LogP contribution < -0.4 is 9.62 Å². The molecule has 184 valence electrons. The Morgan fingerprint density at radius 1 is 1.00 bits per heavy atom. The molecular formula is C25H24Br2FN3O3S. The second-order valence-electron chi connectivity index (χ2n) is 8.37. The number of hydrogen-bond acceptors (Lipinski definition) is 4.